The van der Waals surface area contributed by atoms with E-state index in [2.05, 4.69) is 0 Å². The number of rotatable bonds is 7. The van der Waals surface area contributed by atoms with Crippen molar-refractivity contribution < 1.29 is 18.9 Å². The number of hydrogen-bond acceptors (Lipinski definition) is 4. The first-order chi connectivity index (χ1) is 13.0. The van der Waals surface area contributed by atoms with Crippen LogP contribution in [0.15, 0.2) is 42.5 Å². The van der Waals surface area contributed by atoms with E-state index in [1.54, 1.807) is 9.12 Å². The van der Waals surface area contributed by atoms with Gasteiger partial charge in [0.2, 0.25) is 0 Å². The minimum atomic E-state index is -0.918. The van der Waals surface area contributed by atoms with E-state index in [1.165, 1.54) is 0 Å². The van der Waals surface area contributed by atoms with Crippen molar-refractivity contribution in [3.05, 3.63) is 70.3 Å². The Labute approximate surface area is 163 Å². The fourth-order valence-electron chi connectivity index (χ4n) is 3.15. The third kappa shape index (κ3) is 6.11. The zero-order chi connectivity index (χ0) is 20.4. The molecule has 27 heavy (non-hydrogen) atoms. The van der Waals surface area contributed by atoms with Crippen LogP contribution < -0.4 is 0 Å². The lowest BCUT2D eigenvalue weighted by Gasteiger charge is -2.18. The zero-order valence-electron chi connectivity index (χ0n) is 16.4. The molecule has 1 atom stereocenters. The van der Waals surface area contributed by atoms with Gasteiger partial charge < -0.3 is 4.74 Å². The summed E-state index contributed by atoms with van der Waals surface area (Å²) in [7, 11) is 1.72. The van der Waals surface area contributed by atoms with Crippen molar-refractivity contribution in [1.82, 2.24) is 0 Å². The summed E-state index contributed by atoms with van der Waals surface area (Å²) < 4.78 is 13.4. The van der Waals surface area contributed by atoms with Crippen LogP contribution in [0.5, 0.6) is 0 Å². The Balaban J connectivity index is 0.00000176. The summed E-state index contributed by atoms with van der Waals surface area (Å²) in [5.74, 6) is -1.58. The molecule has 0 N–H and O–H groups in total. The van der Waals surface area contributed by atoms with Crippen molar-refractivity contribution in [3.63, 3.8) is 0 Å². The van der Waals surface area contributed by atoms with E-state index in [-0.39, 0.29) is 5.78 Å². The highest BCUT2D eigenvalue weighted by atomic mass is 31.0. The number of hydrogen-bond donors (Lipinski definition) is 0. The number of benzene rings is 2. The Morgan fingerprint density at radius 3 is 2.07 bits per heavy atom. The molecule has 5 heteroatoms. The van der Waals surface area contributed by atoms with Crippen LogP contribution in [0.25, 0.3) is 0 Å². The third-order valence-electron chi connectivity index (χ3n) is 4.30. The largest absolute Gasteiger partial charge is 0.465 e. The van der Waals surface area contributed by atoms with Crippen molar-refractivity contribution in [3.8, 4) is 0 Å². The summed E-state index contributed by atoms with van der Waals surface area (Å²) >= 11 is 0. The maximum absolute atomic E-state index is 13.3. The van der Waals surface area contributed by atoms with E-state index in [1.807, 2.05) is 70.2 Å². The summed E-state index contributed by atoms with van der Waals surface area (Å²) in [5.41, 5.74) is 4.18. The minimum absolute atomic E-state index is 0.192. The Morgan fingerprint density at radius 1 is 1.00 bits per heavy atom. The fourth-order valence-corrected chi connectivity index (χ4v) is 3.15. The third-order valence-corrected chi connectivity index (χ3v) is 4.30. The van der Waals surface area contributed by atoms with Crippen molar-refractivity contribution in [2.45, 2.75) is 46.5 Å². The summed E-state index contributed by atoms with van der Waals surface area (Å²) in [4.78, 5) is 26.0. The highest BCUT2D eigenvalue weighted by molar-refractivity contribution is 7.00. The Hall–Kier alpha value is -2.32. The Bertz CT molecular complexity index is 748. The van der Waals surface area contributed by atoms with Gasteiger partial charge >= 0.3 is 5.97 Å². The second kappa shape index (κ2) is 11.4. The second-order valence-electron chi connectivity index (χ2n) is 6.50. The monoisotopic (exact) mass is 386 g/mol. The maximum atomic E-state index is 13.3. The number of ether oxygens (including phenoxy) is 1. The van der Waals surface area contributed by atoms with Gasteiger partial charge in [0, 0.05) is 5.56 Å². The van der Waals surface area contributed by atoms with E-state index >= 15 is 0 Å². The van der Waals surface area contributed by atoms with Gasteiger partial charge in [-0.05, 0) is 43.9 Å². The fraction of sp³-hybridized carbons (Fsp3) is 0.364. The van der Waals surface area contributed by atoms with Crippen molar-refractivity contribution >= 4 is 20.9 Å². The van der Waals surface area contributed by atoms with Gasteiger partial charge in [-0.25, -0.2) is 0 Å². The standard InChI is InChI=1S/C22H26O3.HOP/c1-5-6-12-25-22(24)20(18-10-8-7-9-11-18)21(23)19-16(3)13-15(2)14-17(19)4;1-2/h7-11,13-14,20H,5-6,12H2,1-4H3;2H. The summed E-state index contributed by atoms with van der Waals surface area (Å²) in [6.07, 6.45) is 1.73. The zero-order valence-corrected chi connectivity index (χ0v) is 17.4. The normalized spacial score (nSPS) is 11.1. The van der Waals surface area contributed by atoms with Crippen LogP contribution in [0.3, 0.4) is 0 Å². The molecule has 0 saturated carbocycles. The number of Topliss-reactive ketones (excluding diaryl/α,β-unsaturated/α-hetero) is 1. The first kappa shape index (κ1) is 22.7. The van der Waals surface area contributed by atoms with Crippen molar-refractivity contribution in [2.24, 2.45) is 0 Å². The molecular formula is C22H27O4P. The van der Waals surface area contributed by atoms with Crippen LogP contribution >= 0.6 is 9.12 Å². The molecule has 2 aromatic rings. The molecule has 1 unspecified atom stereocenters. The molecule has 144 valence electrons. The van der Waals surface area contributed by atoms with Crippen molar-refractivity contribution in [2.75, 3.05) is 6.61 Å². The molecule has 0 aliphatic rings. The number of carbonyl (C=O) groups excluding carboxylic acids is 2. The summed E-state index contributed by atoms with van der Waals surface area (Å²) in [6, 6.07) is 13.1. The SMILES string of the molecule is CCCCOC(=O)C(C(=O)c1c(C)cc(C)cc1C)c1ccccc1.O=P. The smallest absolute Gasteiger partial charge is 0.321 e. The molecule has 0 saturated heterocycles. The molecule has 0 bridgehead atoms. The number of ketones is 1. The van der Waals surface area contributed by atoms with Crippen LogP contribution in [-0.4, -0.2) is 18.4 Å². The van der Waals surface area contributed by atoms with Crippen LogP contribution in [0.4, 0.5) is 0 Å². The molecule has 2 rings (SSSR count). The number of unbranched alkanes of at least 4 members (excludes halogenated alkanes) is 1. The van der Waals surface area contributed by atoms with Crippen molar-refractivity contribution in [1.29, 1.82) is 0 Å². The van der Waals surface area contributed by atoms with Gasteiger partial charge in [-0.15, -0.1) is 0 Å². The van der Waals surface area contributed by atoms with Crippen LogP contribution in [0, 0.1) is 20.8 Å². The molecule has 0 spiro atoms. The molecule has 4 nitrogen and oxygen atoms in total. The first-order valence-electron chi connectivity index (χ1n) is 8.99. The summed E-state index contributed by atoms with van der Waals surface area (Å²) in [6.45, 7) is 8.21. The van der Waals surface area contributed by atoms with E-state index < -0.39 is 11.9 Å². The average molecular weight is 386 g/mol. The summed E-state index contributed by atoms with van der Waals surface area (Å²) in [5, 5.41) is 0. The van der Waals surface area contributed by atoms with Gasteiger partial charge in [0.05, 0.1) is 6.61 Å². The molecule has 0 amide bonds. The molecule has 0 heterocycles. The maximum Gasteiger partial charge on any atom is 0.321 e. The molecule has 0 aliphatic carbocycles. The number of aryl methyl sites for hydroxylation is 3. The average Bonchev–Trinajstić information content (AvgIpc) is 2.64. The predicted octanol–water partition coefficient (Wildman–Crippen LogP) is 5.40. The lowest BCUT2D eigenvalue weighted by atomic mass is 9.86. The minimum Gasteiger partial charge on any atom is -0.465 e. The van der Waals surface area contributed by atoms with Crippen LogP contribution in [0.2, 0.25) is 0 Å². The van der Waals surface area contributed by atoms with E-state index in [4.69, 9.17) is 9.30 Å². The van der Waals surface area contributed by atoms with Gasteiger partial charge in [0.1, 0.15) is 15.0 Å². The number of carbonyl (C=O) groups is 2. The second-order valence-corrected chi connectivity index (χ2v) is 6.50. The Kier molecular flexibility index (Phi) is 9.60. The number of esters is 1. The quantitative estimate of drug-likeness (QED) is 0.210. The molecule has 2 aromatic carbocycles. The van der Waals surface area contributed by atoms with E-state index in [0.717, 1.165) is 29.5 Å². The molecule has 0 aromatic heterocycles. The topological polar surface area (TPSA) is 60.4 Å². The highest BCUT2D eigenvalue weighted by Gasteiger charge is 2.32. The lowest BCUT2D eigenvalue weighted by molar-refractivity contribution is -0.144. The molecule has 0 radical (unpaired) electrons. The molecular weight excluding hydrogens is 359 g/mol. The van der Waals surface area contributed by atoms with E-state index in [0.29, 0.717) is 17.7 Å². The lowest BCUT2D eigenvalue weighted by Crippen LogP contribution is -2.26. The Morgan fingerprint density at radius 2 is 1.56 bits per heavy atom. The molecule has 0 fully saturated rings. The van der Waals surface area contributed by atoms with Crippen LogP contribution in [-0.2, 0) is 14.1 Å². The van der Waals surface area contributed by atoms with Gasteiger partial charge in [0.25, 0.3) is 0 Å². The predicted molar refractivity (Wildman–Crippen MR) is 109 cm³/mol. The van der Waals surface area contributed by atoms with Gasteiger partial charge in [-0.1, -0.05) is 61.4 Å². The first-order valence-corrected chi connectivity index (χ1v) is 9.40. The van der Waals surface area contributed by atoms with Gasteiger partial charge in [-0.2, -0.15) is 0 Å². The van der Waals surface area contributed by atoms with Crippen LogP contribution in [0.1, 0.15) is 58.3 Å². The van der Waals surface area contributed by atoms with E-state index in [9.17, 15) is 9.59 Å². The highest BCUT2D eigenvalue weighted by Crippen LogP contribution is 2.27. The van der Waals surface area contributed by atoms with Gasteiger partial charge in [-0.3, -0.25) is 14.2 Å². The molecule has 0 aliphatic heterocycles. The van der Waals surface area contributed by atoms with Gasteiger partial charge in [0.15, 0.2) is 5.78 Å².